The highest BCUT2D eigenvalue weighted by Gasteiger charge is 2.24. The van der Waals surface area contributed by atoms with Crippen LogP contribution in [-0.2, 0) is 0 Å². The third kappa shape index (κ3) is 4.30. The molecule has 4 rings (SSSR count). The Morgan fingerprint density at radius 3 is 2.22 bits per heavy atom. The smallest absolute Gasteiger partial charge is 0.272 e. The van der Waals surface area contributed by atoms with Crippen molar-refractivity contribution in [3.8, 4) is 11.3 Å². The van der Waals surface area contributed by atoms with Crippen LogP contribution < -0.4 is 4.90 Å². The maximum atomic E-state index is 12.8. The molecule has 0 saturated carbocycles. The number of hydrogen-bond acceptors (Lipinski definition) is 6. The van der Waals surface area contributed by atoms with Crippen LogP contribution in [0.1, 0.15) is 27.0 Å². The number of aromatic nitrogens is 2. The van der Waals surface area contributed by atoms with Gasteiger partial charge in [0.25, 0.3) is 11.6 Å². The summed E-state index contributed by atoms with van der Waals surface area (Å²) in [5, 5.41) is 19.8. The summed E-state index contributed by atoms with van der Waals surface area (Å²) in [5.41, 5.74) is 5.32. The monoisotopic (exact) mass is 431 g/mol. The molecule has 1 aliphatic heterocycles. The SMILES string of the molecule is Cc1ccc(-c2ccc(N3CCN(C(=O)c4ccc([N+](=O)[O-])c(C)c4)CC3)nn2)cc1C. The van der Waals surface area contributed by atoms with Crippen LogP contribution in [0.3, 0.4) is 0 Å². The number of nitro benzene ring substituents is 1. The molecular weight excluding hydrogens is 406 g/mol. The Labute approximate surface area is 186 Å². The lowest BCUT2D eigenvalue weighted by Gasteiger charge is -2.35. The van der Waals surface area contributed by atoms with E-state index in [9.17, 15) is 14.9 Å². The summed E-state index contributed by atoms with van der Waals surface area (Å²) in [6.07, 6.45) is 0. The zero-order chi connectivity index (χ0) is 22.8. The maximum Gasteiger partial charge on any atom is 0.272 e. The van der Waals surface area contributed by atoms with Crippen molar-refractivity contribution in [3.63, 3.8) is 0 Å². The Morgan fingerprint density at radius 2 is 1.62 bits per heavy atom. The van der Waals surface area contributed by atoms with Gasteiger partial charge >= 0.3 is 0 Å². The fourth-order valence-electron chi connectivity index (χ4n) is 3.86. The summed E-state index contributed by atoms with van der Waals surface area (Å²) in [5.74, 6) is 0.676. The number of hydrogen-bond donors (Lipinski definition) is 0. The molecule has 0 spiro atoms. The van der Waals surface area contributed by atoms with Gasteiger partial charge in [0.1, 0.15) is 0 Å². The van der Waals surface area contributed by atoms with Crippen LogP contribution >= 0.6 is 0 Å². The summed E-state index contributed by atoms with van der Waals surface area (Å²) >= 11 is 0. The van der Waals surface area contributed by atoms with Gasteiger partial charge in [-0.25, -0.2) is 0 Å². The minimum absolute atomic E-state index is 0.0224. The molecule has 0 radical (unpaired) electrons. The van der Waals surface area contributed by atoms with Crippen molar-refractivity contribution in [1.29, 1.82) is 0 Å². The lowest BCUT2D eigenvalue weighted by Crippen LogP contribution is -2.49. The van der Waals surface area contributed by atoms with E-state index in [4.69, 9.17) is 0 Å². The van der Waals surface area contributed by atoms with E-state index in [1.54, 1.807) is 17.9 Å². The second-order valence-corrected chi connectivity index (χ2v) is 8.11. The van der Waals surface area contributed by atoms with Crippen molar-refractivity contribution in [3.05, 3.63) is 80.9 Å². The van der Waals surface area contributed by atoms with Gasteiger partial charge in [0.2, 0.25) is 0 Å². The zero-order valence-electron chi connectivity index (χ0n) is 18.4. The van der Waals surface area contributed by atoms with E-state index >= 15 is 0 Å². The normalized spacial score (nSPS) is 13.8. The number of aryl methyl sites for hydroxylation is 3. The molecule has 0 atom stereocenters. The number of rotatable bonds is 4. The topological polar surface area (TPSA) is 92.5 Å². The van der Waals surface area contributed by atoms with Gasteiger partial charge in [-0.15, -0.1) is 10.2 Å². The van der Waals surface area contributed by atoms with Gasteiger partial charge in [-0.05, 0) is 62.2 Å². The molecule has 1 amide bonds. The Bertz CT molecular complexity index is 1170. The molecule has 2 aromatic carbocycles. The van der Waals surface area contributed by atoms with Crippen molar-refractivity contribution in [1.82, 2.24) is 15.1 Å². The van der Waals surface area contributed by atoms with Gasteiger partial charge in [0.15, 0.2) is 5.82 Å². The van der Waals surface area contributed by atoms with E-state index in [-0.39, 0.29) is 11.6 Å². The number of amides is 1. The molecular formula is C24H25N5O3. The fourth-order valence-corrected chi connectivity index (χ4v) is 3.86. The molecule has 2 heterocycles. The standard InChI is InChI=1S/C24H25N5O3/c1-16-4-5-19(14-17(16)2)21-7-9-23(26-25-21)27-10-12-28(13-11-27)24(30)20-6-8-22(29(31)32)18(3)15-20/h4-9,14-15H,10-13H2,1-3H3. The third-order valence-corrected chi connectivity index (χ3v) is 5.98. The van der Waals surface area contributed by atoms with Crippen LogP contribution in [0.15, 0.2) is 48.5 Å². The lowest BCUT2D eigenvalue weighted by atomic mass is 10.0. The predicted molar refractivity (Wildman–Crippen MR) is 123 cm³/mol. The second kappa shape index (κ2) is 8.74. The quantitative estimate of drug-likeness (QED) is 0.459. The lowest BCUT2D eigenvalue weighted by molar-refractivity contribution is -0.385. The minimum Gasteiger partial charge on any atom is -0.352 e. The van der Waals surface area contributed by atoms with Crippen LogP contribution in [0.4, 0.5) is 11.5 Å². The molecule has 0 bridgehead atoms. The van der Waals surface area contributed by atoms with Crippen molar-refractivity contribution in [2.75, 3.05) is 31.1 Å². The Hall–Kier alpha value is -3.81. The first-order chi connectivity index (χ1) is 15.3. The number of carbonyl (C=O) groups is 1. The number of nitrogens with zero attached hydrogens (tertiary/aromatic N) is 5. The maximum absolute atomic E-state index is 12.8. The van der Waals surface area contributed by atoms with E-state index in [0.717, 1.165) is 17.1 Å². The first kappa shape index (κ1) is 21.4. The summed E-state index contributed by atoms with van der Waals surface area (Å²) < 4.78 is 0. The van der Waals surface area contributed by atoms with E-state index in [1.165, 1.54) is 23.3 Å². The highest BCUT2D eigenvalue weighted by molar-refractivity contribution is 5.95. The molecule has 0 unspecified atom stereocenters. The van der Waals surface area contributed by atoms with Crippen LogP contribution in [0, 0.1) is 30.9 Å². The molecule has 1 saturated heterocycles. The summed E-state index contributed by atoms with van der Waals surface area (Å²) in [6, 6.07) is 14.7. The first-order valence-electron chi connectivity index (χ1n) is 10.5. The van der Waals surface area contributed by atoms with Crippen LogP contribution in [0.25, 0.3) is 11.3 Å². The Kier molecular flexibility index (Phi) is 5.85. The average Bonchev–Trinajstić information content (AvgIpc) is 2.80. The fraction of sp³-hybridized carbons (Fsp3) is 0.292. The molecule has 0 aliphatic carbocycles. The molecule has 0 N–H and O–H groups in total. The van der Waals surface area contributed by atoms with Gasteiger partial charge < -0.3 is 9.80 Å². The zero-order valence-corrected chi connectivity index (χ0v) is 18.4. The number of benzene rings is 2. The van der Waals surface area contributed by atoms with Gasteiger partial charge in [-0.1, -0.05) is 12.1 Å². The Morgan fingerprint density at radius 1 is 0.875 bits per heavy atom. The van der Waals surface area contributed by atoms with E-state index < -0.39 is 4.92 Å². The molecule has 8 nitrogen and oxygen atoms in total. The average molecular weight is 431 g/mol. The van der Waals surface area contributed by atoms with Gasteiger partial charge in [0, 0.05) is 48.9 Å². The minimum atomic E-state index is -0.436. The molecule has 1 aliphatic rings. The van der Waals surface area contributed by atoms with E-state index in [1.807, 2.05) is 12.1 Å². The van der Waals surface area contributed by atoms with E-state index in [0.29, 0.717) is 37.3 Å². The van der Waals surface area contributed by atoms with Gasteiger partial charge in [-0.2, -0.15) is 0 Å². The van der Waals surface area contributed by atoms with Crippen LogP contribution in [0.5, 0.6) is 0 Å². The highest BCUT2D eigenvalue weighted by Crippen LogP contribution is 2.23. The van der Waals surface area contributed by atoms with Crippen molar-refractivity contribution in [2.24, 2.45) is 0 Å². The largest absolute Gasteiger partial charge is 0.352 e. The van der Waals surface area contributed by atoms with Gasteiger partial charge in [-0.3, -0.25) is 14.9 Å². The number of anilines is 1. The Balaban J connectivity index is 1.40. The highest BCUT2D eigenvalue weighted by atomic mass is 16.6. The first-order valence-corrected chi connectivity index (χ1v) is 10.5. The molecule has 32 heavy (non-hydrogen) atoms. The number of piperazine rings is 1. The van der Waals surface area contributed by atoms with E-state index in [2.05, 4.69) is 47.1 Å². The molecule has 3 aromatic rings. The van der Waals surface area contributed by atoms with Crippen LogP contribution in [-0.4, -0.2) is 52.1 Å². The number of carbonyl (C=O) groups excluding carboxylic acids is 1. The molecule has 164 valence electrons. The molecule has 1 aromatic heterocycles. The van der Waals surface area contributed by atoms with Crippen molar-refractivity contribution >= 4 is 17.4 Å². The van der Waals surface area contributed by atoms with Crippen LogP contribution in [0.2, 0.25) is 0 Å². The van der Waals surface area contributed by atoms with Crippen molar-refractivity contribution < 1.29 is 9.72 Å². The third-order valence-electron chi connectivity index (χ3n) is 5.98. The molecule has 1 fully saturated rings. The summed E-state index contributed by atoms with van der Waals surface area (Å²) in [4.78, 5) is 27.3. The summed E-state index contributed by atoms with van der Waals surface area (Å²) in [6.45, 7) is 8.21. The number of nitro groups is 1. The van der Waals surface area contributed by atoms with Crippen molar-refractivity contribution in [2.45, 2.75) is 20.8 Å². The summed E-state index contributed by atoms with van der Waals surface area (Å²) in [7, 11) is 0. The predicted octanol–water partition coefficient (Wildman–Crippen LogP) is 3.94. The second-order valence-electron chi connectivity index (χ2n) is 8.11. The van der Waals surface area contributed by atoms with Gasteiger partial charge in [0.05, 0.1) is 10.6 Å². The molecule has 8 heteroatoms.